The molecule has 1 heteroatoms. The minimum absolute atomic E-state index is 0.239. The minimum Gasteiger partial charge on any atom is -0.372 e. The number of hydrogen-bond acceptors (Lipinski definition) is 1. The van der Waals surface area contributed by atoms with Gasteiger partial charge in [0, 0.05) is 18.8 Å². The van der Waals surface area contributed by atoms with Gasteiger partial charge in [-0.1, -0.05) is 52.2 Å². The number of nitrogens with zero attached hydrogens (tertiary/aromatic N) is 1. The summed E-state index contributed by atoms with van der Waals surface area (Å²) in [5.41, 5.74) is 3.06. The van der Waals surface area contributed by atoms with Gasteiger partial charge in [0.1, 0.15) is 0 Å². The summed E-state index contributed by atoms with van der Waals surface area (Å²) in [6.45, 7) is 6.85. The summed E-state index contributed by atoms with van der Waals surface area (Å²) in [5.74, 6) is 0. The average Bonchev–Trinajstić information content (AvgIpc) is 2.38. The molecule has 0 saturated heterocycles. The van der Waals surface area contributed by atoms with Gasteiger partial charge in [-0.05, 0) is 36.0 Å². The van der Waals surface area contributed by atoms with Crippen LogP contribution in [0.15, 0.2) is 24.3 Å². The highest BCUT2D eigenvalue weighted by Gasteiger charge is 2.20. The Kier molecular flexibility index (Phi) is 3.99. The van der Waals surface area contributed by atoms with Crippen molar-refractivity contribution in [2.24, 2.45) is 0 Å². The minimum atomic E-state index is 0.239. The Balaban J connectivity index is 2.17. The first-order chi connectivity index (χ1) is 8.48. The van der Waals surface area contributed by atoms with E-state index in [9.17, 15) is 0 Å². The molecule has 0 N–H and O–H groups in total. The van der Waals surface area contributed by atoms with Gasteiger partial charge in [-0.25, -0.2) is 0 Å². The quantitative estimate of drug-likeness (QED) is 0.726. The van der Waals surface area contributed by atoms with Crippen LogP contribution < -0.4 is 4.90 Å². The molecule has 18 heavy (non-hydrogen) atoms. The summed E-state index contributed by atoms with van der Waals surface area (Å²) >= 11 is 0. The van der Waals surface area contributed by atoms with Crippen molar-refractivity contribution in [2.45, 2.75) is 64.3 Å². The van der Waals surface area contributed by atoms with E-state index in [-0.39, 0.29) is 5.41 Å². The average molecular weight is 245 g/mol. The van der Waals surface area contributed by atoms with Crippen molar-refractivity contribution in [1.82, 2.24) is 0 Å². The normalized spacial score (nSPS) is 17.8. The van der Waals surface area contributed by atoms with Gasteiger partial charge in [0.25, 0.3) is 0 Å². The zero-order valence-corrected chi connectivity index (χ0v) is 12.4. The Morgan fingerprint density at radius 1 is 1.06 bits per heavy atom. The summed E-state index contributed by atoms with van der Waals surface area (Å²) in [4.78, 5) is 2.49. The molecule has 1 saturated carbocycles. The second-order valence-corrected chi connectivity index (χ2v) is 6.70. The molecule has 0 atom stereocenters. The van der Waals surface area contributed by atoms with Gasteiger partial charge in [-0.3, -0.25) is 0 Å². The van der Waals surface area contributed by atoms with E-state index < -0.39 is 0 Å². The van der Waals surface area contributed by atoms with Crippen LogP contribution in [-0.2, 0) is 5.41 Å². The molecule has 100 valence electrons. The van der Waals surface area contributed by atoms with Crippen LogP contribution in [0.5, 0.6) is 0 Å². The lowest BCUT2D eigenvalue weighted by atomic mass is 9.86. The monoisotopic (exact) mass is 245 g/mol. The van der Waals surface area contributed by atoms with Gasteiger partial charge in [0.2, 0.25) is 0 Å². The fourth-order valence-electron chi connectivity index (χ4n) is 2.87. The standard InChI is InChI=1S/C17H27N/c1-17(2,3)14-9-8-12-16(13-14)18(4)15-10-6-5-7-11-15/h8-9,12-13,15H,5-7,10-11H2,1-4H3. The van der Waals surface area contributed by atoms with E-state index in [4.69, 9.17) is 0 Å². The summed E-state index contributed by atoms with van der Waals surface area (Å²) in [7, 11) is 2.26. The van der Waals surface area contributed by atoms with Crippen LogP contribution in [0.25, 0.3) is 0 Å². The Morgan fingerprint density at radius 2 is 1.72 bits per heavy atom. The SMILES string of the molecule is CN(c1cccc(C(C)(C)C)c1)C1CCCCC1. The molecular formula is C17H27N. The molecule has 0 aromatic heterocycles. The topological polar surface area (TPSA) is 3.24 Å². The van der Waals surface area contributed by atoms with E-state index in [2.05, 4.69) is 57.0 Å². The van der Waals surface area contributed by atoms with Crippen molar-refractivity contribution < 1.29 is 0 Å². The molecule has 0 spiro atoms. The molecule has 0 heterocycles. The van der Waals surface area contributed by atoms with Crippen LogP contribution in [0, 0.1) is 0 Å². The summed E-state index contributed by atoms with van der Waals surface area (Å²) in [6.07, 6.45) is 6.93. The van der Waals surface area contributed by atoms with Crippen molar-refractivity contribution in [1.29, 1.82) is 0 Å². The Hall–Kier alpha value is -0.980. The molecule has 0 aliphatic heterocycles. The van der Waals surface area contributed by atoms with Gasteiger partial charge >= 0.3 is 0 Å². The van der Waals surface area contributed by atoms with E-state index >= 15 is 0 Å². The van der Waals surface area contributed by atoms with Crippen molar-refractivity contribution in [3.05, 3.63) is 29.8 Å². The van der Waals surface area contributed by atoms with E-state index in [0.29, 0.717) is 0 Å². The maximum atomic E-state index is 2.49. The van der Waals surface area contributed by atoms with E-state index in [1.807, 2.05) is 0 Å². The maximum absolute atomic E-state index is 2.49. The van der Waals surface area contributed by atoms with E-state index in [0.717, 1.165) is 6.04 Å². The fourth-order valence-corrected chi connectivity index (χ4v) is 2.87. The molecule has 0 radical (unpaired) electrons. The largest absolute Gasteiger partial charge is 0.372 e. The van der Waals surface area contributed by atoms with Gasteiger partial charge in [-0.15, -0.1) is 0 Å². The van der Waals surface area contributed by atoms with Crippen LogP contribution >= 0.6 is 0 Å². The lowest BCUT2D eigenvalue weighted by molar-refractivity contribution is 0.427. The molecule has 1 aliphatic rings. The zero-order chi connectivity index (χ0) is 13.2. The third-order valence-corrected chi connectivity index (χ3v) is 4.24. The molecule has 2 rings (SSSR count). The first kappa shape index (κ1) is 13.5. The van der Waals surface area contributed by atoms with Gasteiger partial charge < -0.3 is 4.90 Å². The first-order valence-electron chi connectivity index (χ1n) is 7.32. The molecule has 1 fully saturated rings. The molecule has 1 aliphatic carbocycles. The number of hydrogen-bond donors (Lipinski definition) is 0. The summed E-state index contributed by atoms with van der Waals surface area (Å²) in [5, 5.41) is 0. The highest BCUT2D eigenvalue weighted by atomic mass is 15.1. The predicted molar refractivity (Wildman–Crippen MR) is 80.4 cm³/mol. The zero-order valence-electron chi connectivity index (χ0n) is 12.4. The highest BCUT2D eigenvalue weighted by molar-refractivity contribution is 5.50. The van der Waals surface area contributed by atoms with Crippen LogP contribution in [0.3, 0.4) is 0 Å². The van der Waals surface area contributed by atoms with Crippen LogP contribution in [0.1, 0.15) is 58.4 Å². The lowest BCUT2D eigenvalue weighted by Gasteiger charge is -2.33. The molecule has 1 nitrogen and oxygen atoms in total. The third kappa shape index (κ3) is 3.07. The Labute approximate surface area is 112 Å². The van der Waals surface area contributed by atoms with E-state index in [1.165, 1.54) is 43.4 Å². The van der Waals surface area contributed by atoms with Crippen molar-refractivity contribution in [3.8, 4) is 0 Å². The highest BCUT2D eigenvalue weighted by Crippen LogP contribution is 2.29. The number of anilines is 1. The summed E-state index contributed by atoms with van der Waals surface area (Å²) < 4.78 is 0. The second-order valence-electron chi connectivity index (χ2n) is 6.70. The number of benzene rings is 1. The predicted octanol–water partition coefficient (Wildman–Crippen LogP) is 4.75. The summed E-state index contributed by atoms with van der Waals surface area (Å²) in [6, 6.07) is 9.82. The Morgan fingerprint density at radius 3 is 2.33 bits per heavy atom. The smallest absolute Gasteiger partial charge is 0.0369 e. The van der Waals surface area contributed by atoms with Crippen molar-refractivity contribution in [2.75, 3.05) is 11.9 Å². The first-order valence-corrected chi connectivity index (χ1v) is 7.32. The second kappa shape index (κ2) is 5.34. The molecule has 0 amide bonds. The van der Waals surface area contributed by atoms with Gasteiger partial charge in [0.15, 0.2) is 0 Å². The lowest BCUT2D eigenvalue weighted by Crippen LogP contribution is -2.33. The molecular weight excluding hydrogens is 218 g/mol. The van der Waals surface area contributed by atoms with Gasteiger partial charge in [-0.2, -0.15) is 0 Å². The van der Waals surface area contributed by atoms with Crippen LogP contribution in [0.2, 0.25) is 0 Å². The van der Waals surface area contributed by atoms with Gasteiger partial charge in [0.05, 0.1) is 0 Å². The maximum Gasteiger partial charge on any atom is 0.0369 e. The molecule has 1 aromatic carbocycles. The van der Waals surface area contributed by atoms with E-state index in [1.54, 1.807) is 0 Å². The van der Waals surface area contributed by atoms with Crippen molar-refractivity contribution in [3.63, 3.8) is 0 Å². The number of rotatable bonds is 2. The third-order valence-electron chi connectivity index (χ3n) is 4.24. The Bertz CT molecular complexity index is 383. The van der Waals surface area contributed by atoms with Crippen LogP contribution in [0.4, 0.5) is 5.69 Å². The van der Waals surface area contributed by atoms with Crippen LogP contribution in [-0.4, -0.2) is 13.1 Å². The molecule has 1 aromatic rings. The fraction of sp³-hybridized carbons (Fsp3) is 0.647. The molecule has 0 bridgehead atoms. The van der Waals surface area contributed by atoms with Crippen molar-refractivity contribution >= 4 is 5.69 Å². The molecule has 0 unspecified atom stereocenters.